The first-order valence-corrected chi connectivity index (χ1v) is 6.44. The second-order valence-electron chi connectivity index (χ2n) is 4.72. The maximum atomic E-state index is 14.0. The van der Waals surface area contributed by atoms with Crippen LogP contribution in [0.25, 0.3) is 22.6 Å². The molecule has 4 rings (SSSR count). The smallest absolute Gasteiger partial charge is 0.166 e. The molecular weight excluding hydrogens is 268 g/mol. The highest BCUT2D eigenvalue weighted by atomic mass is 19.1. The van der Waals surface area contributed by atoms with Gasteiger partial charge >= 0.3 is 0 Å². The fraction of sp³-hybridized carbons (Fsp3) is 0.0667. The van der Waals surface area contributed by atoms with Gasteiger partial charge in [-0.3, -0.25) is 9.55 Å². The maximum absolute atomic E-state index is 14.0. The zero-order valence-corrected chi connectivity index (χ0v) is 11.0. The van der Waals surface area contributed by atoms with Crippen molar-refractivity contribution in [2.75, 3.05) is 0 Å². The van der Waals surface area contributed by atoms with E-state index in [2.05, 4.69) is 9.97 Å². The first-order valence-electron chi connectivity index (χ1n) is 6.44. The highest BCUT2D eigenvalue weighted by Crippen LogP contribution is 2.35. The Bertz CT molecular complexity index is 847. The molecule has 4 nitrogen and oxygen atoms in total. The number of halogens is 1. The van der Waals surface area contributed by atoms with Crippen LogP contribution in [0.3, 0.4) is 0 Å². The average molecular weight is 277 g/mol. The summed E-state index contributed by atoms with van der Waals surface area (Å²) < 4.78 is 21.5. The number of hydrogen-bond donors (Lipinski definition) is 0. The summed E-state index contributed by atoms with van der Waals surface area (Å²) in [6, 6.07) is 8.24. The van der Waals surface area contributed by atoms with E-state index in [4.69, 9.17) is 12.6 Å². The number of imidazole rings is 1. The van der Waals surface area contributed by atoms with Crippen LogP contribution in [0.4, 0.5) is 4.39 Å². The van der Waals surface area contributed by atoms with Gasteiger partial charge in [-0.1, -0.05) is 12.1 Å². The molecule has 21 heavy (non-hydrogen) atoms. The number of fused-ring (bicyclic) bond motifs is 3. The summed E-state index contributed by atoms with van der Waals surface area (Å²) in [7, 11) is 6.00. The van der Waals surface area contributed by atoms with Crippen molar-refractivity contribution in [2.24, 2.45) is 0 Å². The molecule has 0 atom stereocenters. The molecule has 0 saturated heterocycles. The van der Waals surface area contributed by atoms with E-state index in [0.29, 0.717) is 22.8 Å². The Kier molecular flexibility index (Phi) is 2.57. The second kappa shape index (κ2) is 4.44. The first-order chi connectivity index (χ1) is 10.3. The van der Waals surface area contributed by atoms with Crippen molar-refractivity contribution in [2.45, 2.75) is 6.73 Å². The minimum absolute atomic E-state index is 0.236. The van der Waals surface area contributed by atoms with Gasteiger partial charge in [0.1, 0.15) is 25.2 Å². The van der Waals surface area contributed by atoms with Crippen LogP contribution in [0.2, 0.25) is 0 Å². The number of rotatable bonds is 1. The number of hydrogen-bond acceptors (Lipinski definition) is 3. The fourth-order valence-electron chi connectivity index (χ4n) is 2.55. The van der Waals surface area contributed by atoms with Crippen LogP contribution >= 0.6 is 0 Å². The van der Waals surface area contributed by atoms with Crippen molar-refractivity contribution >= 4 is 13.4 Å². The molecule has 0 fully saturated rings. The number of pyridine rings is 1. The number of benzene rings is 1. The van der Waals surface area contributed by atoms with E-state index in [0.717, 1.165) is 5.56 Å². The van der Waals surface area contributed by atoms with Crippen molar-refractivity contribution in [3.05, 3.63) is 48.5 Å². The zero-order valence-electron chi connectivity index (χ0n) is 11.0. The Morgan fingerprint density at radius 3 is 2.90 bits per heavy atom. The summed E-state index contributed by atoms with van der Waals surface area (Å²) in [6.07, 6.45) is 3.32. The molecule has 3 heterocycles. The largest absolute Gasteiger partial charge is 0.472 e. The number of ether oxygens (including phenoxy) is 1. The standard InChI is InChI=1S/C15H9BFN3O/c16-14-13(9-3-1-2-4-11(9)17)20-8-21-12-5-6-18-7-10(12)15(20)19-14/h1-7H,8H2. The minimum Gasteiger partial charge on any atom is -0.472 e. The number of aromatic nitrogens is 3. The van der Waals surface area contributed by atoms with Crippen molar-refractivity contribution in [3.8, 4) is 28.4 Å². The highest BCUT2D eigenvalue weighted by molar-refractivity contribution is 6.34. The van der Waals surface area contributed by atoms with Crippen LogP contribution in [0.15, 0.2) is 42.7 Å². The van der Waals surface area contributed by atoms with Crippen LogP contribution in [0.5, 0.6) is 5.75 Å². The molecule has 0 bridgehead atoms. The quantitative estimate of drug-likeness (QED) is 0.638. The van der Waals surface area contributed by atoms with Gasteiger partial charge in [0.05, 0.1) is 11.3 Å². The van der Waals surface area contributed by atoms with Gasteiger partial charge in [0.2, 0.25) is 0 Å². The lowest BCUT2D eigenvalue weighted by molar-refractivity contribution is 0.231. The summed E-state index contributed by atoms with van der Waals surface area (Å²) in [5.41, 5.74) is 1.95. The van der Waals surface area contributed by atoms with E-state index < -0.39 is 0 Å². The van der Waals surface area contributed by atoms with E-state index >= 15 is 0 Å². The third-order valence-electron chi connectivity index (χ3n) is 3.49. The Labute approximate surface area is 121 Å². The second-order valence-corrected chi connectivity index (χ2v) is 4.72. The van der Waals surface area contributed by atoms with Crippen LogP contribution < -0.4 is 10.3 Å². The van der Waals surface area contributed by atoms with Crippen LogP contribution in [-0.2, 0) is 6.73 Å². The molecule has 2 aromatic heterocycles. The molecule has 2 radical (unpaired) electrons. The first kappa shape index (κ1) is 12.1. The lowest BCUT2D eigenvalue weighted by atomic mass is 9.97. The molecule has 1 aliphatic rings. The predicted octanol–water partition coefficient (Wildman–Crippen LogP) is 1.89. The Morgan fingerprint density at radius 2 is 2.05 bits per heavy atom. The fourth-order valence-corrected chi connectivity index (χ4v) is 2.55. The number of nitrogens with zero attached hydrogens (tertiary/aromatic N) is 3. The summed E-state index contributed by atoms with van der Waals surface area (Å²) in [5, 5.41) is 0. The molecule has 0 aliphatic carbocycles. The minimum atomic E-state index is -0.344. The molecule has 1 aliphatic heterocycles. The molecular formula is C15H9BFN3O. The maximum Gasteiger partial charge on any atom is 0.166 e. The normalized spacial score (nSPS) is 12.4. The molecule has 3 aromatic rings. The van der Waals surface area contributed by atoms with Gasteiger partial charge in [0.25, 0.3) is 0 Å². The van der Waals surface area contributed by atoms with E-state index in [9.17, 15) is 4.39 Å². The van der Waals surface area contributed by atoms with E-state index in [1.165, 1.54) is 6.07 Å². The summed E-state index contributed by atoms with van der Waals surface area (Å²) in [5.74, 6) is 0.992. The van der Waals surface area contributed by atoms with Crippen molar-refractivity contribution in [1.82, 2.24) is 14.5 Å². The zero-order chi connectivity index (χ0) is 14.4. The SMILES string of the molecule is [B]c1nc2n(c1-c1ccccc1F)COc1ccncc1-2. The van der Waals surface area contributed by atoms with Gasteiger partial charge in [-0.05, 0) is 18.2 Å². The summed E-state index contributed by atoms with van der Waals surface area (Å²) >= 11 is 0. The average Bonchev–Trinajstić information content (AvgIpc) is 2.84. The molecule has 0 spiro atoms. The topological polar surface area (TPSA) is 39.9 Å². The molecule has 1 aromatic carbocycles. The Balaban J connectivity index is 1.98. The van der Waals surface area contributed by atoms with Crippen LogP contribution in [0.1, 0.15) is 0 Å². The van der Waals surface area contributed by atoms with Crippen LogP contribution in [-0.4, -0.2) is 22.4 Å². The lowest BCUT2D eigenvalue weighted by Gasteiger charge is -2.20. The molecule has 0 saturated carbocycles. The third-order valence-corrected chi connectivity index (χ3v) is 3.49. The van der Waals surface area contributed by atoms with E-state index in [-0.39, 0.29) is 18.1 Å². The van der Waals surface area contributed by atoms with Crippen molar-refractivity contribution in [3.63, 3.8) is 0 Å². The summed E-state index contributed by atoms with van der Waals surface area (Å²) in [4.78, 5) is 8.44. The van der Waals surface area contributed by atoms with Crippen molar-refractivity contribution in [1.29, 1.82) is 0 Å². The Morgan fingerprint density at radius 1 is 1.19 bits per heavy atom. The third kappa shape index (κ3) is 1.76. The van der Waals surface area contributed by atoms with Gasteiger partial charge < -0.3 is 4.74 Å². The monoisotopic (exact) mass is 277 g/mol. The van der Waals surface area contributed by atoms with Gasteiger partial charge in [0.15, 0.2) is 6.73 Å². The van der Waals surface area contributed by atoms with E-state index in [1.807, 2.05) is 0 Å². The summed E-state index contributed by atoms with van der Waals surface area (Å²) in [6.45, 7) is 0.236. The van der Waals surface area contributed by atoms with Crippen LogP contribution in [0, 0.1) is 5.82 Å². The molecule has 0 unspecified atom stereocenters. The van der Waals surface area contributed by atoms with E-state index in [1.54, 1.807) is 41.2 Å². The van der Waals surface area contributed by atoms with Gasteiger partial charge in [-0.15, -0.1) is 0 Å². The molecule has 0 N–H and O–H groups in total. The molecule has 6 heteroatoms. The lowest BCUT2D eigenvalue weighted by Crippen LogP contribution is -2.15. The molecule has 100 valence electrons. The predicted molar refractivity (Wildman–Crippen MR) is 76.9 cm³/mol. The van der Waals surface area contributed by atoms with Gasteiger partial charge in [-0.2, -0.15) is 0 Å². The van der Waals surface area contributed by atoms with Gasteiger partial charge in [-0.25, -0.2) is 9.37 Å². The van der Waals surface area contributed by atoms with Crippen molar-refractivity contribution < 1.29 is 9.13 Å². The highest BCUT2D eigenvalue weighted by Gasteiger charge is 2.24. The van der Waals surface area contributed by atoms with Gasteiger partial charge in [0, 0.05) is 23.6 Å². The molecule has 0 amide bonds. The Hall–Kier alpha value is -2.63.